The molecule has 2 fully saturated rings. The highest BCUT2D eigenvalue weighted by Gasteiger charge is 2.42. The van der Waals surface area contributed by atoms with E-state index in [1.807, 2.05) is 7.11 Å². The largest absolute Gasteiger partial charge is 0.391 e. The number of ether oxygens (including phenoxy) is 1. The number of aliphatic hydroxyl groups is 1. The molecule has 0 radical (unpaired) electrons. The topological polar surface area (TPSA) is 32.7 Å². The third-order valence-corrected chi connectivity index (χ3v) is 5.18. The van der Waals surface area contributed by atoms with Gasteiger partial charge in [0.15, 0.2) is 0 Å². The summed E-state index contributed by atoms with van der Waals surface area (Å²) in [5.74, 6) is 0.639. The van der Waals surface area contributed by atoms with Crippen LogP contribution in [0.1, 0.15) is 46.5 Å². The fraction of sp³-hybridized carbons (Fsp3) is 1.00. The fourth-order valence-electron chi connectivity index (χ4n) is 3.64. The van der Waals surface area contributed by atoms with Crippen molar-refractivity contribution in [3.63, 3.8) is 0 Å². The minimum absolute atomic E-state index is 0.0640. The van der Waals surface area contributed by atoms with E-state index in [4.69, 9.17) is 4.74 Å². The zero-order chi connectivity index (χ0) is 13.3. The second kappa shape index (κ2) is 5.48. The lowest BCUT2D eigenvalue weighted by atomic mass is 9.71. The highest BCUT2D eigenvalue weighted by Crippen LogP contribution is 2.38. The Morgan fingerprint density at radius 1 is 1.28 bits per heavy atom. The molecule has 1 saturated carbocycles. The molecule has 1 saturated heterocycles. The molecular formula is C15H29NO2. The van der Waals surface area contributed by atoms with E-state index >= 15 is 0 Å². The Balaban J connectivity index is 2.02. The van der Waals surface area contributed by atoms with Crippen LogP contribution in [-0.2, 0) is 4.74 Å². The molecule has 106 valence electrons. The number of rotatable bonds is 2. The van der Waals surface area contributed by atoms with Crippen LogP contribution < -0.4 is 0 Å². The Morgan fingerprint density at radius 3 is 2.67 bits per heavy atom. The van der Waals surface area contributed by atoms with E-state index in [0.717, 1.165) is 25.9 Å². The molecule has 3 nitrogen and oxygen atoms in total. The molecule has 1 aliphatic heterocycles. The Morgan fingerprint density at radius 2 is 2.00 bits per heavy atom. The van der Waals surface area contributed by atoms with Gasteiger partial charge in [0.1, 0.15) is 0 Å². The van der Waals surface area contributed by atoms with Crippen LogP contribution in [0.3, 0.4) is 0 Å². The van der Waals surface area contributed by atoms with Crippen LogP contribution in [0.4, 0.5) is 0 Å². The third kappa shape index (κ3) is 2.73. The van der Waals surface area contributed by atoms with Crippen LogP contribution >= 0.6 is 0 Å². The van der Waals surface area contributed by atoms with Crippen molar-refractivity contribution in [1.29, 1.82) is 0 Å². The molecule has 1 N–H and O–H groups in total. The first-order valence-electron chi connectivity index (χ1n) is 7.40. The molecule has 2 rings (SSSR count). The first kappa shape index (κ1) is 14.3. The molecule has 0 aromatic rings. The number of likely N-dealkylation sites (tertiary alicyclic amines) is 1. The normalized spacial score (nSPS) is 41.8. The predicted molar refractivity (Wildman–Crippen MR) is 73.6 cm³/mol. The minimum atomic E-state index is -0.197. The summed E-state index contributed by atoms with van der Waals surface area (Å²) in [5, 5.41) is 10.6. The van der Waals surface area contributed by atoms with Gasteiger partial charge in [-0.05, 0) is 37.1 Å². The van der Waals surface area contributed by atoms with Gasteiger partial charge in [-0.15, -0.1) is 0 Å². The molecular weight excluding hydrogens is 226 g/mol. The molecule has 0 spiro atoms. The number of methoxy groups -OCH3 is 1. The summed E-state index contributed by atoms with van der Waals surface area (Å²) in [7, 11) is 1.81. The second-order valence-corrected chi connectivity index (χ2v) is 6.93. The predicted octanol–water partition coefficient (Wildman–Crippen LogP) is 2.28. The molecule has 3 heteroatoms. The van der Waals surface area contributed by atoms with Crippen LogP contribution in [0, 0.1) is 11.3 Å². The van der Waals surface area contributed by atoms with Crippen LogP contribution in [-0.4, -0.2) is 48.5 Å². The van der Waals surface area contributed by atoms with Crippen molar-refractivity contribution in [2.45, 2.75) is 64.7 Å². The van der Waals surface area contributed by atoms with Crippen molar-refractivity contribution in [2.24, 2.45) is 11.3 Å². The van der Waals surface area contributed by atoms with Gasteiger partial charge in [-0.1, -0.05) is 27.2 Å². The maximum Gasteiger partial charge on any atom is 0.0746 e. The van der Waals surface area contributed by atoms with Crippen molar-refractivity contribution < 1.29 is 9.84 Å². The van der Waals surface area contributed by atoms with Crippen molar-refractivity contribution in [3.8, 4) is 0 Å². The molecule has 1 aliphatic carbocycles. The smallest absolute Gasteiger partial charge is 0.0746 e. The van der Waals surface area contributed by atoms with Gasteiger partial charge in [0.2, 0.25) is 0 Å². The molecule has 0 aromatic carbocycles. The molecule has 1 heterocycles. The van der Waals surface area contributed by atoms with Gasteiger partial charge >= 0.3 is 0 Å². The molecule has 4 atom stereocenters. The van der Waals surface area contributed by atoms with E-state index in [0.29, 0.717) is 18.1 Å². The van der Waals surface area contributed by atoms with Crippen molar-refractivity contribution >= 4 is 0 Å². The van der Waals surface area contributed by atoms with Gasteiger partial charge in [-0.3, -0.25) is 4.90 Å². The number of aliphatic hydroxyl groups excluding tert-OH is 1. The average molecular weight is 255 g/mol. The van der Waals surface area contributed by atoms with Gasteiger partial charge in [0.05, 0.1) is 12.2 Å². The number of hydrogen-bond donors (Lipinski definition) is 1. The lowest BCUT2D eigenvalue weighted by Gasteiger charge is -2.48. The quantitative estimate of drug-likeness (QED) is 0.821. The van der Waals surface area contributed by atoms with Gasteiger partial charge < -0.3 is 9.84 Å². The average Bonchev–Trinajstić information content (AvgIpc) is 2.33. The maximum atomic E-state index is 10.6. The summed E-state index contributed by atoms with van der Waals surface area (Å²) in [5.41, 5.74) is 0.0640. The first-order chi connectivity index (χ1) is 8.45. The molecule has 0 aromatic heterocycles. The number of hydrogen-bond acceptors (Lipinski definition) is 3. The highest BCUT2D eigenvalue weighted by molar-refractivity contribution is 4.95. The molecule has 0 bridgehead atoms. The Hall–Kier alpha value is -0.120. The first-order valence-corrected chi connectivity index (χ1v) is 7.40. The third-order valence-electron chi connectivity index (χ3n) is 5.18. The standard InChI is InChI=1S/C15H29NO2/c1-11-7-9-16(10-13(11)18-4)12-6-5-8-15(2,3)14(12)17/h11-14,17H,5-10H2,1-4H3. The summed E-state index contributed by atoms with van der Waals surface area (Å²) in [6, 6.07) is 0.332. The van der Waals surface area contributed by atoms with E-state index in [9.17, 15) is 5.11 Å². The van der Waals surface area contributed by atoms with Crippen LogP contribution in [0.5, 0.6) is 0 Å². The van der Waals surface area contributed by atoms with Gasteiger partial charge in [0, 0.05) is 19.7 Å². The Kier molecular flexibility index (Phi) is 4.35. The summed E-state index contributed by atoms with van der Waals surface area (Å²) in [4.78, 5) is 2.47. The summed E-state index contributed by atoms with van der Waals surface area (Å²) < 4.78 is 5.59. The van der Waals surface area contributed by atoms with Crippen molar-refractivity contribution in [2.75, 3.05) is 20.2 Å². The van der Waals surface area contributed by atoms with E-state index in [1.54, 1.807) is 0 Å². The van der Waals surface area contributed by atoms with E-state index < -0.39 is 0 Å². The van der Waals surface area contributed by atoms with Crippen LogP contribution in [0.25, 0.3) is 0 Å². The second-order valence-electron chi connectivity index (χ2n) is 6.93. The SMILES string of the molecule is COC1CN(C2CCCC(C)(C)C2O)CCC1C. The Bertz CT molecular complexity index is 280. The maximum absolute atomic E-state index is 10.6. The van der Waals surface area contributed by atoms with Gasteiger partial charge in [-0.25, -0.2) is 0 Å². The number of nitrogens with zero attached hydrogens (tertiary/aromatic N) is 1. The van der Waals surface area contributed by atoms with Crippen molar-refractivity contribution in [3.05, 3.63) is 0 Å². The zero-order valence-electron chi connectivity index (χ0n) is 12.4. The van der Waals surface area contributed by atoms with Gasteiger partial charge in [-0.2, -0.15) is 0 Å². The highest BCUT2D eigenvalue weighted by atomic mass is 16.5. The molecule has 18 heavy (non-hydrogen) atoms. The summed E-state index contributed by atoms with van der Waals surface area (Å²) in [6.07, 6.45) is 4.83. The Labute approximate surface area is 112 Å². The van der Waals surface area contributed by atoms with E-state index in [-0.39, 0.29) is 11.5 Å². The van der Waals surface area contributed by atoms with Crippen LogP contribution in [0.15, 0.2) is 0 Å². The van der Waals surface area contributed by atoms with Gasteiger partial charge in [0.25, 0.3) is 0 Å². The molecule has 2 aliphatic rings. The van der Waals surface area contributed by atoms with E-state index in [1.165, 1.54) is 12.8 Å². The summed E-state index contributed by atoms with van der Waals surface area (Å²) >= 11 is 0. The number of piperidine rings is 1. The lowest BCUT2D eigenvalue weighted by molar-refractivity contribution is -0.0898. The fourth-order valence-corrected chi connectivity index (χ4v) is 3.64. The summed E-state index contributed by atoms with van der Waals surface area (Å²) in [6.45, 7) is 8.76. The van der Waals surface area contributed by atoms with Crippen molar-refractivity contribution in [1.82, 2.24) is 4.90 Å². The van der Waals surface area contributed by atoms with Crippen LogP contribution in [0.2, 0.25) is 0 Å². The lowest BCUT2D eigenvalue weighted by Crippen LogP contribution is -2.57. The molecule has 0 amide bonds. The monoisotopic (exact) mass is 255 g/mol. The molecule has 4 unspecified atom stereocenters. The zero-order valence-corrected chi connectivity index (χ0v) is 12.4. The minimum Gasteiger partial charge on any atom is -0.391 e. The van der Waals surface area contributed by atoms with E-state index in [2.05, 4.69) is 25.7 Å².